The Morgan fingerprint density at radius 1 is 1.33 bits per heavy atom. The van der Waals surface area contributed by atoms with Crippen LogP contribution in [-0.2, 0) is 9.47 Å². The van der Waals surface area contributed by atoms with Crippen molar-refractivity contribution in [1.82, 2.24) is 4.98 Å². The van der Waals surface area contributed by atoms with E-state index < -0.39 is 12.3 Å². The van der Waals surface area contributed by atoms with Gasteiger partial charge in [0.25, 0.3) is 0 Å². The molecule has 2 N–H and O–H groups in total. The van der Waals surface area contributed by atoms with Crippen molar-refractivity contribution in [2.45, 2.75) is 13.2 Å². The predicted octanol–water partition coefficient (Wildman–Crippen LogP) is 2.47. The van der Waals surface area contributed by atoms with Crippen LogP contribution in [-0.4, -0.2) is 30.3 Å². The Morgan fingerprint density at radius 2 is 2.00 bits per heavy atom. The van der Waals surface area contributed by atoms with Crippen LogP contribution in [0.1, 0.15) is 27.9 Å². The van der Waals surface area contributed by atoms with Gasteiger partial charge in [-0.05, 0) is 25.1 Å². The number of aromatic carboxylic acids is 1. The number of rotatable bonds is 4. The number of aryl methyl sites for hydroxylation is 1. The predicted molar refractivity (Wildman–Crippen MR) is 66.8 cm³/mol. The second kappa shape index (κ2) is 4.80. The van der Waals surface area contributed by atoms with E-state index in [4.69, 9.17) is 14.6 Å². The Bertz CT molecular complexity index is 584. The Hall–Kier alpha value is -1.85. The van der Waals surface area contributed by atoms with Gasteiger partial charge in [-0.25, -0.2) is 4.79 Å². The zero-order valence-corrected chi connectivity index (χ0v) is 10.5. The van der Waals surface area contributed by atoms with E-state index in [-0.39, 0.29) is 5.56 Å². The first kappa shape index (κ1) is 12.6. The average molecular weight is 249 g/mol. The molecule has 0 atom stereocenters. The highest BCUT2D eigenvalue weighted by molar-refractivity contribution is 5.95. The minimum atomic E-state index is -0.951. The van der Waals surface area contributed by atoms with Crippen molar-refractivity contribution in [2.75, 3.05) is 14.2 Å². The van der Waals surface area contributed by atoms with Crippen molar-refractivity contribution < 1.29 is 19.4 Å². The van der Waals surface area contributed by atoms with Crippen LogP contribution in [0.3, 0.4) is 0 Å². The molecule has 0 fully saturated rings. The number of carboxylic acids is 1. The second-order valence-electron chi connectivity index (χ2n) is 4.03. The van der Waals surface area contributed by atoms with Crippen LogP contribution in [0.4, 0.5) is 0 Å². The van der Waals surface area contributed by atoms with E-state index in [1.54, 1.807) is 32.4 Å². The highest BCUT2D eigenvalue weighted by Gasteiger charge is 2.19. The Kier molecular flexibility index (Phi) is 3.36. The van der Waals surface area contributed by atoms with Crippen molar-refractivity contribution in [1.29, 1.82) is 0 Å². The van der Waals surface area contributed by atoms with Crippen molar-refractivity contribution in [2.24, 2.45) is 0 Å². The molecule has 5 heteroatoms. The number of hydrogen-bond donors (Lipinski definition) is 2. The van der Waals surface area contributed by atoms with Crippen LogP contribution in [0, 0.1) is 6.92 Å². The summed E-state index contributed by atoms with van der Waals surface area (Å²) in [5.41, 5.74) is 2.85. The Labute approximate surface area is 104 Å². The number of ether oxygens (including phenoxy) is 2. The highest BCUT2D eigenvalue weighted by Crippen LogP contribution is 2.30. The van der Waals surface area contributed by atoms with Crippen molar-refractivity contribution in [3.05, 3.63) is 35.0 Å². The van der Waals surface area contributed by atoms with Gasteiger partial charge < -0.3 is 19.6 Å². The van der Waals surface area contributed by atoms with E-state index in [2.05, 4.69) is 4.98 Å². The maximum atomic E-state index is 11.0. The molecule has 0 radical (unpaired) electrons. The van der Waals surface area contributed by atoms with Crippen LogP contribution >= 0.6 is 0 Å². The van der Waals surface area contributed by atoms with E-state index in [1.165, 1.54) is 0 Å². The highest BCUT2D eigenvalue weighted by atomic mass is 16.7. The van der Waals surface area contributed by atoms with Gasteiger partial charge in [-0.15, -0.1) is 0 Å². The first-order chi connectivity index (χ1) is 8.58. The van der Waals surface area contributed by atoms with Gasteiger partial charge in [0.15, 0.2) is 6.29 Å². The molecule has 0 saturated carbocycles. The smallest absolute Gasteiger partial charge is 0.335 e. The summed E-state index contributed by atoms with van der Waals surface area (Å²) in [5.74, 6) is -0.951. The summed E-state index contributed by atoms with van der Waals surface area (Å²) >= 11 is 0. The molecule has 0 spiro atoms. The third kappa shape index (κ3) is 1.98. The number of methoxy groups -OCH3 is 2. The molecular weight excluding hydrogens is 234 g/mol. The summed E-state index contributed by atoms with van der Waals surface area (Å²) in [7, 11) is 3.10. The number of hydrogen-bond acceptors (Lipinski definition) is 3. The number of fused-ring (bicyclic) bond motifs is 1. The molecule has 18 heavy (non-hydrogen) atoms. The molecule has 2 aromatic rings. The molecule has 1 heterocycles. The van der Waals surface area contributed by atoms with E-state index >= 15 is 0 Å². The number of H-pyrrole nitrogens is 1. The molecule has 96 valence electrons. The SMILES string of the molecule is COC(OC)c1c(C)[nH]c2ccc(C(=O)O)cc12. The van der Waals surface area contributed by atoms with Crippen LogP contribution in [0.2, 0.25) is 0 Å². The molecule has 0 unspecified atom stereocenters. The van der Waals surface area contributed by atoms with Crippen LogP contribution in [0.25, 0.3) is 10.9 Å². The first-order valence-electron chi connectivity index (χ1n) is 5.49. The molecule has 0 bridgehead atoms. The number of benzene rings is 1. The molecule has 0 aliphatic carbocycles. The first-order valence-corrected chi connectivity index (χ1v) is 5.49. The maximum Gasteiger partial charge on any atom is 0.335 e. The lowest BCUT2D eigenvalue weighted by Gasteiger charge is -2.13. The lowest BCUT2D eigenvalue weighted by molar-refractivity contribution is -0.105. The average Bonchev–Trinajstić information content (AvgIpc) is 2.67. The number of nitrogens with one attached hydrogen (secondary N) is 1. The molecule has 2 rings (SSSR count). The molecule has 0 amide bonds. The lowest BCUT2D eigenvalue weighted by atomic mass is 10.1. The van der Waals surface area contributed by atoms with Gasteiger partial charge >= 0.3 is 5.97 Å². The maximum absolute atomic E-state index is 11.0. The zero-order chi connectivity index (χ0) is 13.3. The molecule has 1 aromatic carbocycles. The van der Waals surface area contributed by atoms with Crippen LogP contribution in [0.5, 0.6) is 0 Å². The van der Waals surface area contributed by atoms with Gasteiger partial charge in [-0.2, -0.15) is 0 Å². The van der Waals surface area contributed by atoms with Gasteiger partial charge in [-0.1, -0.05) is 0 Å². The molecule has 0 aliphatic rings. The standard InChI is InChI=1S/C13H15NO4/c1-7-11(13(17-2)18-3)9-6-8(12(15)16)4-5-10(9)14-7/h4-6,13-14H,1-3H3,(H,15,16). The molecule has 5 nitrogen and oxygen atoms in total. The summed E-state index contributed by atoms with van der Waals surface area (Å²) in [6, 6.07) is 4.94. The fraction of sp³-hybridized carbons (Fsp3) is 0.308. The number of aromatic nitrogens is 1. The van der Waals surface area contributed by atoms with E-state index in [1.807, 2.05) is 6.92 Å². The van der Waals surface area contributed by atoms with E-state index in [0.29, 0.717) is 0 Å². The second-order valence-corrected chi connectivity index (χ2v) is 4.03. The molecular formula is C13H15NO4. The summed E-state index contributed by atoms with van der Waals surface area (Å²) in [4.78, 5) is 14.2. The summed E-state index contributed by atoms with van der Waals surface area (Å²) in [5, 5.41) is 9.83. The van der Waals surface area contributed by atoms with Crippen molar-refractivity contribution >= 4 is 16.9 Å². The fourth-order valence-corrected chi connectivity index (χ4v) is 2.12. The van der Waals surface area contributed by atoms with Crippen molar-refractivity contribution in [3.63, 3.8) is 0 Å². The molecule has 0 saturated heterocycles. The van der Waals surface area contributed by atoms with E-state index in [0.717, 1.165) is 22.2 Å². The normalized spacial score (nSPS) is 11.3. The minimum Gasteiger partial charge on any atom is -0.478 e. The summed E-state index contributed by atoms with van der Waals surface area (Å²) < 4.78 is 10.5. The van der Waals surface area contributed by atoms with Gasteiger partial charge in [0, 0.05) is 36.4 Å². The Balaban J connectivity index is 2.67. The number of aromatic amines is 1. The largest absolute Gasteiger partial charge is 0.478 e. The van der Waals surface area contributed by atoms with Gasteiger partial charge in [-0.3, -0.25) is 0 Å². The Morgan fingerprint density at radius 3 is 2.56 bits per heavy atom. The lowest BCUT2D eigenvalue weighted by Crippen LogP contribution is -2.04. The van der Waals surface area contributed by atoms with Gasteiger partial charge in [0.05, 0.1) is 5.56 Å². The number of carboxylic acid groups (broad SMARTS) is 1. The molecule has 0 aliphatic heterocycles. The fourth-order valence-electron chi connectivity index (χ4n) is 2.12. The van der Waals surface area contributed by atoms with Crippen LogP contribution < -0.4 is 0 Å². The minimum absolute atomic E-state index is 0.244. The third-order valence-corrected chi connectivity index (χ3v) is 2.95. The quantitative estimate of drug-likeness (QED) is 0.816. The topological polar surface area (TPSA) is 71.5 Å². The van der Waals surface area contributed by atoms with Gasteiger partial charge in [0.1, 0.15) is 0 Å². The summed E-state index contributed by atoms with van der Waals surface area (Å²) in [6.45, 7) is 1.90. The van der Waals surface area contributed by atoms with E-state index in [9.17, 15) is 4.79 Å². The van der Waals surface area contributed by atoms with Crippen LogP contribution in [0.15, 0.2) is 18.2 Å². The monoisotopic (exact) mass is 249 g/mol. The number of carbonyl (C=O) groups is 1. The summed E-state index contributed by atoms with van der Waals surface area (Å²) in [6.07, 6.45) is -0.511. The van der Waals surface area contributed by atoms with Crippen molar-refractivity contribution in [3.8, 4) is 0 Å². The third-order valence-electron chi connectivity index (χ3n) is 2.95. The zero-order valence-electron chi connectivity index (χ0n) is 10.5. The van der Waals surface area contributed by atoms with Gasteiger partial charge in [0.2, 0.25) is 0 Å². The molecule has 1 aromatic heterocycles.